The van der Waals surface area contributed by atoms with Gasteiger partial charge in [-0.2, -0.15) is 0 Å². The van der Waals surface area contributed by atoms with Crippen molar-refractivity contribution in [1.82, 2.24) is 0 Å². The molecule has 15 heavy (non-hydrogen) atoms. The number of esters is 1. The lowest BCUT2D eigenvalue weighted by atomic mass is 10.1. The second kappa shape index (κ2) is 5.61. The lowest BCUT2D eigenvalue weighted by molar-refractivity contribution is -0.142. The van der Waals surface area contributed by atoms with Gasteiger partial charge in [0, 0.05) is 0 Å². The van der Waals surface area contributed by atoms with Crippen molar-refractivity contribution in [1.29, 1.82) is 0 Å². The second-order valence-electron chi connectivity index (χ2n) is 3.09. The highest BCUT2D eigenvalue weighted by molar-refractivity contribution is 6.30. The van der Waals surface area contributed by atoms with Crippen LogP contribution in [0, 0.1) is 0 Å². The van der Waals surface area contributed by atoms with Crippen molar-refractivity contribution in [2.75, 3.05) is 6.61 Å². The van der Waals surface area contributed by atoms with E-state index in [1.165, 1.54) is 0 Å². The van der Waals surface area contributed by atoms with Crippen molar-refractivity contribution < 1.29 is 14.6 Å². The number of hydrogen-bond donors (Lipinski definition) is 1. The molecule has 0 radical (unpaired) electrons. The van der Waals surface area contributed by atoms with Crippen LogP contribution in [0.5, 0.6) is 5.75 Å². The van der Waals surface area contributed by atoms with Crippen LogP contribution in [-0.2, 0) is 16.0 Å². The normalized spacial score (nSPS) is 12.1. The largest absolute Gasteiger partial charge is 0.508 e. The molecule has 0 fully saturated rings. The SMILES string of the molecule is CCOC(=O)[C@@H](Cl)Cc1ccc(O)cc1. The van der Waals surface area contributed by atoms with E-state index in [1.807, 2.05) is 0 Å². The van der Waals surface area contributed by atoms with Crippen molar-refractivity contribution in [3.8, 4) is 5.75 Å². The quantitative estimate of drug-likeness (QED) is 0.634. The number of carbonyl (C=O) groups excluding carboxylic acids is 1. The molecule has 4 heteroatoms. The number of aromatic hydroxyl groups is 1. The maximum absolute atomic E-state index is 11.2. The van der Waals surface area contributed by atoms with Crippen LogP contribution in [0.1, 0.15) is 12.5 Å². The predicted molar refractivity (Wildman–Crippen MR) is 58.1 cm³/mol. The molecule has 1 N–H and O–H groups in total. The minimum absolute atomic E-state index is 0.195. The van der Waals surface area contributed by atoms with Gasteiger partial charge in [0.15, 0.2) is 0 Å². The van der Waals surface area contributed by atoms with Gasteiger partial charge in [-0.3, -0.25) is 4.79 Å². The Morgan fingerprint density at radius 3 is 2.60 bits per heavy atom. The van der Waals surface area contributed by atoms with Gasteiger partial charge in [0.1, 0.15) is 11.1 Å². The third-order valence-electron chi connectivity index (χ3n) is 1.89. The highest BCUT2D eigenvalue weighted by Crippen LogP contribution is 2.14. The molecule has 1 aromatic carbocycles. The van der Waals surface area contributed by atoms with E-state index >= 15 is 0 Å². The Bertz CT molecular complexity index is 321. The molecule has 1 rings (SSSR count). The fourth-order valence-electron chi connectivity index (χ4n) is 1.15. The van der Waals surface area contributed by atoms with Crippen LogP contribution in [0.4, 0.5) is 0 Å². The zero-order valence-electron chi connectivity index (χ0n) is 8.44. The molecule has 1 atom stereocenters. The number of hydrogen-bond acceptors (Lipinski definition) is 3. The van der Waals surface area contributed by atoms with Crippen LogP contribution in [0.15, 0.2) is 24.3 Å². The van der Waals surface area contributed by atoms with Crippen LogP contribution < -0.4 is 0 Å². The van der Waals surface area contributed by atoms with Crippen LogP contribution in [0.3, 0.4) is 0 Å². The molecule has 82 valence electrons. The number of carbonyl (C=O) groups is 1. The molecule has 0 spiro atoms. The van der Waals surface area contributed by atoms with Gasteiger partial charge in [0.2, 0.25) is 0 Å². The van der Waals surface area contributed by atoms with Crippen molar-refractivity contribution in [3.05, 3.63) is 29.8 Å². The van der Waals surface area contributed by atoms with Gasteiger partial charge in [-0.15, -0.1) is 11.6 Å². The number of phenolic OH excluding ortho intramolecular Hbond substituents is 1. The first kappa shape index (κ1) is 11.9. The number of phenols is 1. The van der Waals surface area contributed by atoms with E-state index in [0.717, 1.165) is 5.56 Å². The number of rotatable bonds is 4. The number of halogens is 1. The maximum Gasteiger partial charge on any atom is 0.324 e. The first-order valence-corrected chi connectivity index (χ1v) is 5.15. The topological polar surface area (TPSA) is 46.5 Å². The Hall–Kier alpha value is -1.22. The highest BCUT2D eigenvalue weighted by atomic mass is 35.5. The molecule has 0 aliphatic heterocycles. The summed E-state index contributed by atoms with van der Waals surface area (Å²) in [6.07, 6.45) is 0.403. The smallest absolute Gasteiger partial charge is 0.324 e. The Kier molecular flexibility index (Phi) is 4.43. The van der Waals surface area contributed by atoms with E-state index in [2.05, 4.69) is 0 Å². The van der Waals surface area contributed by atoms with Gasteiger partial charge in [-0.1, -0.05) is 12.1 Å². The van der Waals surface area contributed by atoms with Gasteiger partial charge in [0.05, 0.1) is 6.61 Å². The third kappa shape index (κ3) is 3.80. The highest BCUT2D eigenvalue weighted by Gasteiger charge is 2.16. The molecule has 0 unspecified atom stereocenters. The van der Waals surface area contributed by atoms with E-state index in [1.54, 1.807) is 31.2 Å². The van der Waals surface area contributed by atoms with Crippen LogP contribution in [-0.4, -0.2) is 23.1 Å². The Morgan fingerprint density at radius 1 is 1.47 bits per heavy atom. The average Bonchev–Trinajstić information content (AvgIpc) is 2.22. The second-order valence-corrected chi connectivity index (χ2v) is 3.62. The fourth-order valence-corrected chi connectivity index (χ4v) is 1.40. The first-order chi connectivity index (χ1) is 7.13. The standard InChI is InChI=1S/C11H13ClO3/c1-2-15-11(14)10(12)7-8-3-5-9(13)6-4-8/h3-6,10,13H,2,7H2,1H3/t10-/m0/s1. The monoisotopic (exact) mass is 228 g/mol. The molecule has 0 saturated heterocycles. The summed E-state index contributed by atoms with van der Waals surface area (Å²) in [5, 5.41) is 8.39. The van der Waals surface area contributed by atoms with Gasteiger partial charge < -0.3 is 9.84 Å². The van der Waals surface area contributed by atoms with Crippen LogP contribution >= 0.6 is 11.6 Å². The fraction of sp³-hybridized carbons (Fsp3) is 0.364. The molecule has 0 amide bonds. The van der Waals surface area contributed by atoms with Gasteiger partial charge >= 0.3 is 5.97 Å². The van der Waals surface area contributed by atoms with Crippen LogP contribution in [0.2, 0.25) is 0 Å². The summed E-state index contributed by atoms with van der Waals surface area (Å²) in [4.78, 5) is 11.2. The molecule has 3 nitrogen and oxygen atoms in total. The number of ether oxygens (including phenoxy) is 1. The molecule has 0 saturated carbocycles. The summed E-state index contributed by atoms with van der Waals surface area (Å²) in [7, 11) is 0. The summed E-state index contributed by atoms with van der Waals surface area (Å²) in [5.74, 6) is -0.215. The lowest BCUT2D eigenvalue weighted by Crippen LogP contribution is -2.20. The molecule has 0 bridgehead atoms. The molecule has 0 aliphatic rings. The van der Waals surface area contributed by atoms with Gasteiger partial charge in [0.25, 0.3) is 0 Å². The Balaban J connectivity index is 2.54. The maximum atomic E-state index is 11.2. The minimum Gasteiger partial charge on any atom is -0.508 e. The third-order valence-corrected chi connectivity index (χ3v) is 2.23. The van der Waals surface area contributed by atoms with E-state index in [-0.39, 0.29) is 5.75 Å². The number of alkyl halides is 1. The molecule has 0 heterocycles. The summed E-state index contributed by atoms with van der Waals surface area (Å²) < 4.78 is 4.78. The van der Waals surface area contributed by atoms with Crippen molar-refractivity contribution in [3.63, 3.8) is 0 Å². The minimum atomic E-state index is -0.672. The zero-order valence-corrected chi connectivity index (χ0v) is 9.20. The van der Waals surface area contributed by atoms with E-state index in [4.69, 9.17) is 21.4 Å². The molecular weight excluding hydrogens is 216 g/mol. The van der Waals surface area contributed by atoms with Crippen molar-refractivity contribution in [2.45, 2.75) is 18.7 Å². The summed E-state index contributed by atoms with van der Waals surface area (Å²) in [6.45, 7) is 2.07. The van der Waals surface area contributed by atoms with Gasteiger partial charge in [-0.05, 0) is 31.0 Å². The zero-order chi connectivity index (χ0) is 11.3. The summed E-state index contributed by atoms with van der Waals surface area (Å²) in [5.41, 5.74) is 0.890. The predicted octanol–water partition coefficient (Wildman–Crippen LogP) is 2.11. The molecule has 1 aromatic rings. The average molecular weight is 229 g/mol. The Morgan fingerprint density at radius 2 is 2.07 bits per heavy atom. The van der Waals surface area contributed by atoms with Crippen LogP contribution in [0.25, 0.3) is 0 Å². The molecule has 0 aromatic heterocycles. The Labute approximate surface area is 93.6 Å². The summed E-state index contributed by atoms with van der Waals surface area (Å²) in [6, 6.07) is 6.57. The molecular formula is C11H13ClO3. The summed E-state index contributed by atoms with van der Waals surface area (Å²) >= 11 is 5.85. The van der Waals surface area contributed by atoms with E-state index < -0.39 is 11.3 Å². The van der Waals surface area contributed by atoms with Gasteiger partial charge in [-0.25, -0.2) is 0 Å². The number of benzene rings is 1. The van der Waals surface area contributed by atoms with E-state index in [9.17, 15) is 4.79 Å². The first-order valence-electron chi connectivity index (χ1n) is 4.72. The van der Waals surface area contributed by atoms with Crippen molar-refractivity contribution >= 4 is 17.6 Å². The molecule has 0 aliphatic carbocycles. The van der Waals surface area contributed by atoms with E-state index in [0.29, 0.717) is 13.0 Å². The lowest BCUT2D eigenvalue weighted by Gasteiger charge is -2.08. The van der Waals surface area contributed by atoms with Crippen molar-refractivity contribution in [2.24, 2.45) is 0 Å².